The first-order valence-corrected chi connectivity index (χ1v) is 8.06. The first kappa shape index (κ1) is 20.1. The van der Waals surface area contributed by atoms with Crippen LogP contribution in [0.4, 0.5) is 27.8 Å². The van der Waals surface area contributed by atoms with E-state index in [1.807, 2.05) is 5.43 Å². The number of carbonyl (C=O) groups excluding carboxylic acids is 1. The standard InChI is InChI=1S/C18H12F5N5O/c19-9-13(29)27-28-16-14(10-1-3-12(20)4-2-10)15(11-5-7-24-8-6-11)25-17(26-16)18(21,22)23/h1-8H,9H2,(H,27,29)(H,25,26,28). The Morgan fingerprint density at radius 3 is 2.21 bits per heavy atom. The van der Waals surface area contributed by atoms with Crippen molar-refractivity contribution in [2.45, 2.75) is 6.18 Å². The number of rotatable bonds is 5. The van der Waals surface area contributed by atoms with Gasteiger partial charge in [0.15, 0.2) is 12.5 Å². The summed E-state index contributed by atoms with van der Waals surface area (Å²) in [6, 6.07) is 7.70. The van der Waals surface area contributed by atoms with Gasteiger partial charge in [-0.05, 0) is 29.8 Å². The minimum atomic E-state index is -4.90. The molecule has 11 heteroatoms. The van der Waals surface area contributed by atoms with Crippen molar-refractivity contribution in [1.29, 1.82) is 0 Å². The summed E-state index contributed by atoms with van der Waals surface area (Å²) in [5.74, 6) is -3.60. The topological polar surface area (TPSA) is 79.8 Å². The Balaban J connectivity index is 2.27. The fourth-order valence-corrected chi connectivity index (χ4v) is 2.45. The lowest BCUT2D eigenvalue weighted by Crippen LogP contribution is -2.32. The molecule has 2 aromatic heterocycles. The Kier molecular flexibility index (Phi) is 5.66. The van der Waals surface area contributed by atoms with Crippen molar-refractivity contribution in [3.8, 4) is 22.4 Å². The molecule has 0 spiro atoms. The summed E-state index contributed by atoms with van der Waals surface area (Å²) in [6.07, 6.45) is -2.18. The molecule has 0 saturated heterocycles. The number of amides is 1. The molecule has 2 heterocycles. The molecule has 1 aromatic carbocycles. The van der Waals surface area contributed by atoms with E-state index in [4.69, 9.17) is 0 Å². The summed E-state index contributed by atoms with van der Waals surface area (Å²) in [7, 11) is 0. The number of carbonyl (C=O) groups is 1. The SMILES string of the molecule is O=C(CF)NNc1nc(C(F)(F)F)nc(-c2ccncc2)c1-c1ccc(F)cc1. The molecule has 6 nitrogen and oxygen atoms in total. The number of nitrogens with zero attached hydrogens (tertiary/aromatic N) is 3. The number of anilines is 1. The first-order valence-electron chi connectivity index (χ1n) is 8.06. The van der Waals surface area contributed by atoms with Crippen LogP contribution >= 0.6 is 0 Å². The molecule has 150 valence electrons. The molecule has 0 atom stereocenters. The van der Waals surface area contributed by atoms with E-state index < -0.39 is 36.2 Å². The Hall–Kier alpha value is -3.63. The zero-order valence-corrected chi connectivity index (χ0v) is 14.5. The largest absolute Gasteiger partial charge is 0.451 e. The van der Waals surface area contributed by atoms with Crippen LogP contribution in [-0.4, -0.2) is 27.5 Å². The minimum absolute atomic E-state index is 0.0448. The van der Waals surface area contributed by atoms with Crippen LogP contribution in [0, 0.1) is 5.82 Å². The molecular formula is C18H12F5N5O. The second kappa shape index (κ2) is 8.17. The van der Waals surface area contributed by atoms with Gasteiger partial charge in [0.05, 0.1) is 11.3 Å². The molecule has 1 amide bonds. The van der Waals surface area contributed by atoms with Gasteiger partial charge in [0.2, 0.25) is 5.82 Å². The van der Waals surface area contributed by atoms with Crippen molar-refractivity contribution in [2.24, 2.45) is 0 Å². The lowest BCUT2D eigenvalue weighted by atomic mass is 10.00. The van der Waals surface area contributed by atoms with Gasteiger partial charge >= 0.3 is 6.18 Å². The summed E-state index contributed by atoms with van der Waals surface area (Å²) in [4.78, 5) is 22.1. The lowest BCUT2D eigenvalue weighted by molar-refractivity contribution is -0.144. The van der Waals surface area contributed by atoms with Crippen LogP contribution < -0.4 is 10.9 Å². The Bertz CT molecular complexity index is 1010. The third kappa shape index (κ3) is 4.62. The highest BCUT2D eigenvalue weighted by atomic mass is 19.4. The average molecular weight is 409 g/mol. The molecule has 2 N–H and O–H groups in total. The number of halogens is 5. The second-order valence-corrected chi connectivity index (χ2v) is 5.67. The van der Waals surface area contributed by atoms with E-state index in [9.17, 15) is 26.7 Å². The maximum absolute atomic E-state index is 13.4. The normalized spacial score (nSPS) is 11.2. The predicted molar refractivity (Wildman–Crippen MR) is 93.4 cm³/mol. The van der Waals surface area contributed by atoms with Crippen LogP contribution in [0.5, 0.6) is 0 Å². The minimum Gasteiger partial charge on any atom is -0.281 e. The fraction of sp³-hybridized carbons (Fsp3) is 0.111. The van der Waals surface area contributed by atoms with Crippen LogP contribution in [0.15, 0.2) is 48.8 Å². The average Bonchev–Trinajstić information content (AvgIpc) is 2.72. The molecule has 29 heavy (non-hydrogen) atoms. The van der Waals surface area contributed by atoms with E-state index in [0.717, 1.165) is 12.1 Å². The van der Waals surface area contributed by atoms with Gasteiger partial charge in [0.1, 0.15) is 5.82 Å². The predicted octanol–water partition coefficient (Wildman–Crippen LogP) is 3.78. The quantitative estimate of drug-likeness (QED) is 0.495. The number of nitrogens with one attached hydrogen (secondary N) is 2. The summed E-state index contributed by atoms with van der Waals surface area (Å²) >= 11 is 0. The monoisotopic (exact) mass is 409 g/mol. The van der Waals surface area contributed by atoms with E-state index in [2.05, 4.69) is 20.4 Å². The molecule has 0 unspecified atom stereocenters. The number of hydrazine groups is 1. The van der Waals surface area contributed by atoms with Crippen LogP contribution in [0.2, 0.25) is 0 Å². The van der Waals surface area contributed by atoms with Crippen molar-refractivity contribution in [1.82, 2.24) is 20.4 Å². The molecule has 0 radical (unpaired) electrons. The van der Waals surface area contributed by atoms with E-state index in [1.165, 1.54) is 36.7 Å². The summed E-state index contributed by atoms with van der Waals surface area (Å²) in [5, 5.41) is 0. The van der Waals surface area contributed by atoms with Crippen molar-refractivity contribution >= 4 is 11.7 Å². The van der Waals surface area contributed by atoms with Crippen LogP contribution in [0.3, 0.4) is 0 Å². The van der Waals surface area contributed by atoms with Gasteiger partial charge in [-0.2, -0.15) is 13.2 Å². The van der Waals surface area contributed by atoms with E-state index in [-0.39, 0.29) is 22.4 Å². The zero-order chi connectivity index (χ0) is 21.0. The van der Waals surface area contributed by atoms with Crippen molar-refractivity contribution < 1.29 is 26.7 Å². The molecule has 3 rings (SSSR count). The van der Waals surface area contributed by atoms with Gasteiger partial charge in [0, 0.05) is 18.0 Å². The number of alkyl halides is 4. The number of aromatic nitrogens is 3. The highest BCUT2D eigenvalue weighted by Gasteiger charge is 2.37. The molecule has 0 aliphatic rings. The van der Waals surface area contributed by atoms with E-state index in [0.29, 0.717) is 0 Å². The van der Waals surface area contributed by atoms with E-state index >= 15 is 0 Å². The Morgan fingerprint density at radius 1 is 0.966 bits per heavy atom. The molecular weight excluding hydrogens is 397 g/mol. The third-order valence-corrected chi connectivity index (χ3v) is 3.69. The van der Waals surface area contributed by atoms with E-state index in [1.54, 1.807) is 0 Å². The van der Waals surface area contributed by atoms with Crippen molar-refractivity contribution in [3.05, 3.63) is 60.4 Å². The van der Waals surface area contributed by atoms with Gasteiger partial charge in [-0.1, -0.05) is 12.1 Å². The van der Waals surface area contributed by atoms with Gasteiger partial charge < -0.3 is 0 Å². The van der Waals surface area contributed by atoms with Crippen LogP contribution in [-0.2, 0) is 11.0 Å². The Morgan fingerprint density at radius 2 is 1.62 bits per heavy atom. The summed E-state index contributed by atoms with van der Waals surface area (Å²) in [5.41, 5.74) is 4.56. The molecule has 0 fully saturated rings. The van der Waals surface area contributed by atoms with Gasteiger partial charge in [-0.25, -0.2) is 18.7 Å². The number of benzene rings is 1. The fourth-order valence-electron chi connectivity index (χ4n) is 2.45. The molecule has 0 saturated carbocycles. The van der Waals surface area contributed by atoms with Gasteiger partial charge in [0.25, 0.3) is 5.91 Å². The smallest absolute Gasteiger partial charge is 0.281 e. The maximum atomic E-state index is 13.4. The highest BCUT2D eigenvalue weighted by molar-refractivity contribution is 5.89. The van der Waals surface area contributed by atoms with Crippen LogP contribution in [0.25, 0.3) is 22.4 Å². The number of pyridine rings is 1. The van der Waals surface area contributed by atoms with Gasteiger partial charge in [-0.3, -0.25) is 20.6 Å². The van der Waals surface area contributed by atoms with Crippen molar-refractivity contribution in [2.75, 3.05) is 12.1 Å². The Labute approximate surface area is 160 Å². The van der Waals surface area contributed by atoms with Gasteiger partial charge in [-0.15, -0.1) is 0 Å². The van der Waals surface area contributed by atoms with Crippen molar-refractivity contribution in [3.63, 3.8) is 0 Å². The lowest BCUT2D eigenvalue weighted by Gasteiger charge is -2.18. The summed E-state index contributed by atoms with van der Waals surface area (Å²) < 4.78 is 65.9. The third-order valence-electron chi connectivity index (χ3n) is 3.69. The molecule has 0 aliphatic carbocycles. The molecule has 3 aromatic rings. The number of hydrogen-bond acceptors (Lipinski definition) is 5. The zero-order valence-electron chi connectivity index (χ0n) is 14.5. The summed E-state index contributed by atoms with van der Waals surface area (Å²) in [6.45, 7) is -1.40. The highest BCUT2D eigenvalue weighted by Crippen LogP contribution is 2.38. The van der Waals surface area contributed by atoms with Crippen LogP contribution in [0.1, 0.15) is 5.82 Å². The maximum Gasteiger partial charge on any atom is 0.451 e. The molecule has 0 bridgehead atoms. The molecule has 0 aliphatic heterocycles. The first-order chi connectivity index (χ1) is 13.8. The number of hydrogen-bond donors (Lipinski definition) is 2. The second-order valence-electron chi connectivity index (χ2n) is 5.67.